The summed E-state index contributed by atoms with van der Waals surface area (Å²) < 4.78 is 5.30. The maximum atomic E-state index is 11.2. The van der Waals surface area contributed by atoms with Crippen molar-refractivity contribution in [3.8, 4) is 0 Å². The van der Waals surface area contributed by atoms with E-state index in [1.54, 1.807) is 6.92 Å². The highest BCUT2D eigenvalue weighted by atomic mass is 16.5. The lowest BCUT2D eigenvalue weighted by atomic mass is 9.88. The first kappa shape index (κ1) is 10.5. The number of nitrogens with two attached hydrogens (primary N) is 1. The van der Waals surface area contributed by atoms with Gasteiger partial charge in [-0.05, 0) is 32.1 Å². The number of esters is 1. The lowest BCUT2D eigenvalue weighted by Gasteiger charge is -2.28. The van der Waals surface area contributed by atoms with E-state index < -0.39 is 6.04 Å². The summed E-state index contributed by atoms with van der Waals surface area (Å²) in [5.74, 6) is 0.232. The van der Waals surface area contributed by atoms with Gasteiger partial charge in [-0.3, -0.25) is 4.79 Å². The number of hydrogen-bond donors (Lipinski definition) is 1. The predicted octanol–water partition coefficient (Wildman–Crippen LogP) is 1.46. The normalized spacial score (nSPS) is 31.0. The number of carbonyl (C=O) groups is 1. The van der Waals surface area contributed by atoms with E-state index in [0.29, 0.717) is 5.92 Å². The summed E-state index contributed by atoms with van der Waals surface area (Å²) in [6, 6.07) is -0.492. The average Bonchev–Trinajstić information content (AvgIpc) is 2.08. The van der Waals surface area contributed by atoms with Crippen LogP contribution in [0.2, 0.25) is 0 Å². The minimum atomic E-state index is -0.492. The molecule has 76 valence electrons. The smallest absolute Gasteiger partial charge is 0.322 e. The molecule has 13 heavy (non-hydrogen) atoms. The molecule has 0 aliphatic heterocycles. The fourth-order valence-corrected chi connectivity index (χ4v) is 1.71. The van der Waals surface area contributed by atoms with E-state index >= 15 is 0 Å². The van der Waals surface area contributed by atoms with Crippen molar-refractivity contribution < 1.29 is 9.53 Å². The average molecular weight is 185 g/mol. The Balaban J connectivity index is 2.38. The van der Waals surface area contributed by atoms with E-state index in [9.17, 15) is 4.79 Å². The molecule has 0 spiro atoms. The van der Waals surface area contributed by atoms with Crippen LogP contribution in [0.25, 0.3) is 0 Å². The zero-order valence-corrected chi connectivity index (χ0v) is 8.45. The Morgan fingerprint density at radius 2 is 2.08 bits per heavy atom. The monoisotopic (exact) mass is 185 g/mol. The van der Waals surface area contributed by atoms with Crippen molar-refractivity contribution in [1.29, 1.82) is 0 Å². The quantitative estimate of drug-likeness (QED) is 0.662. The molecule has 1 aliphatic rings. The van der Waals surface area contributed by atoms with Gasteiger partial charge in [0.25, 0.3) is 0 Å². The van der Waals surface area contributed by atoms with Crippen LogP contribution in [-0.4, -0.2) is 18.1 Å². The fraction of sp³-hybridized carbons (Fsp3) is 0.900. The van der Waals surface area contributed by atoms with E-state index in [1.807, 2.05) is 0 Å². The van der Waals surface area contributed by atoms with E-state index in [2.05, 4.69) is 6.92 Å². The summed E-state index contributed by atoms with van der Waals surface area (Å²) in [6.45, 7) is 3.80. The van der Waals surface area contributed by atoms with Crippen LogP contribution in [0.15, 0.2) is 0 Å². The van der Waals surface area contributed by atoms with E-state index in [-0.39, 0.29) is 12.1 Å². The molecule has 0 amide bonds. The summed E-state index contributed by atoms with van der Waals surface area (Å²) in [5, 5.41) is 0. The van der Waals surface area contributed by atoms with Crippen molar-refractivity contribution in [2.45, 2.75) is 51.7 Å². The van der Waals surface area contributed by atoms with Crippen LogP contribution in [-0.2, 0) is 9.53 Å². The molecule has 0 aromatic heterocycles. The third-order valence-electron chi connectivity index (χ3n) is 2.67. The standard InChI is InChI=1S/C10H19NO2/c1-7-5-3-4-6-9(7)13-10(12)8(2)11/h7-9H,3-6,11H2,1-2H3/t7-,8+,9-/m0/s1. The minimum Gasteiger partial charge on any atom is -0.461 e. The maximum absolute atomic E-state index is 11.2. The molecule has 0 aromatic rings. The van der Waals surface area contributed by atoms with E-state index in [0.717, 1.165) is 12.8 Å². The first-order valence-corrected chi connectivity index (χ1v) is 5.07. The van der Waals surface area contributed by atoms with E-state index in [1.165, 1.54) is 12.8 Å². The molecule has 0 saturated heterocycles. The lowest BCUT2D eigenvalue weighted by Crippen LogP contribution is -2.35. The van der Waals surface area contributed by atoms with Gasteiger partial charge in [0.1, 0.15) is 12.1 Å². The van der Waals surface area contributed by atoms with Crippen LogP contribution in [0.5, 0.6) is 0 Å². The van der Waals surface area contributed by atoms with Crippen molar-refractivity contribution in [3.05, 3.63) is 0 Å². The van der Waals surface area contributed by atoms with Gasteiger partial charge in [-0.25, -0.2) is 0 Å². The fourth-order valence-electron chi connectivity index (χ4n) is 1.71. The van der Waals surface area contributed by atoms with Crippen molar-refractivity contribution in [1.82, 2.24) is 0 Å². The van der Waals surface area contributed by atoms with E-state index in [4.69, 9.17) is 10.5 Å². The molecule has 3 heteroatoms. The van der Waals surface area contributed by atoms with Gasteiger partial charge in [0.15, 0.2) is 0 Å². The summed E-state index contributed by atoms with van der Waals surface area (Å²) in [5.41, 5.74) is 5.42. The summed E-state index contributed by atoms with van der Waals surface area (Å²) in [7, 11) is 0. The van der Waals surface area contributed by atoms with Gasteiger partial charge < -0.3 is 10.5 Å². The topological polar surface area (TPSA) is 52.3 Å². The Bertz CT molecular complexity index is 180. The van der Waals surface area contributed by atoms with Gasteiger partial charge in [-0.2, -0.15) is 0 Å². The molecule has 1 fully saturated rings. The summed E-state index contributed by atoms with van der Waals surface area (Å²) in [6.07, 6.45) is 4.69. The molecule has 0 heterocycles. The summed E-state index contributed by atoms with van der Waals surface area (Å²) >= 11 is 0. The molecule has 0 bridgehead atoms. The predicted molar refractivity (Wildman–Crippen MR) is 51.2 cm³/mol. The van der Waals surface area contributed by atoms with Crippen LogP contribution >= 0.6 is 0 Å². The van der Waals surface area contributed by atoms with Crippen LogP contribution in [0, 0.1) is 5.92 Å². The first-order chi connectivity index (χ1) is 6.11. The highest BCUT2D eigenvalue weighted by Crippen LogP contribution is 2.26. The van der Waals surface area contributed by atoms with Gasteiger partial charge in [0.05, 0.1) is 0 Å². The zero-order chi connectivity index (χ0) is 9.84. The molecule has 1 saturated carbocycles. The largest absolute Gasteiger partial charge is 0.461 e. The number of carbonyl (C=O) groups excluding carboxylic acids is 1. The zero-order valence-electron chi connectivity index (χ0n) is 8.45. The maximum Gasteiger partial charge on any atom is 0.322 e. The second kappa shape index (κ2) is 4.61. The van der Waals surface area contributed by atoms with Gasteiger partial charge in [-0.1, -0.05) is 13.3 Å². The Hall–Kier alpha value is -0.570. The van der Waals surface area contributed by atoms with Crippen molar-refractivity contribution >= 4 is 5.97 Å². The second-order valence-electron chi connectivity index (χ2n) is 4.03. The number of rotatable bonds is 2. The number of hydrogen-bond acceptors (Lipinski definition) is 3. The molecule has 1 rings (SSSR count). The molecular weight excluding hydrogens is 166 g/mol. The van der Waals surface area contributed by atoms with Gasteiger partial charge in [0, 0.05) is 0 Å². The highest BCUT2D eigenvalue weighted by molar-refractivity contribution is 5.75. The van der Waals surface area contributed by atoms with Crippen LogP contribution in [0.4, 0.5) is 0 Å². The SMILES string of the molecule is C[C@@H](N)C(=O)O[C@H]1CCCC[C@@H]1C. The lowest BCUT2D eigenvalue weighted by molar-refractivity contribution is -0.154. The molecule has 2 N–H and O–H groups in total. The Morgan fingerprint density at radius 1 is 1.46 bits per heavy atom. The third-order valence-corrected chi connectivity index (χ3v) is 2.67. The van der Waals surface area contributed by atoms with Crippen LogP contribution < -0.4 is 5.73 Å². The van der Waals surface area contributed by atoms with Gasteiger partial charge >= 0.3 is 5.97 Å². The van der Waals surface area contributed by atoms with Crippen molar-refractivity contribution in [3.63, 3.8) is 0 Å². The molecule has 1 aliphatic carbocycles. The summed E-state index contributed by atoms with van der Waals surface area (Å²) in [4.78, 5) is 11.2. The van der Waals surface area contributed by atoms with Crippen LogP contribution in [0.1, 0.15) is 39.5 Å². The van der Waals surface area contributed by atoms with Crippen molar-refractivity contribution in [2.24, 2.45) is 11.7 Å². The molecular formula is C10H19NO2. The second-order valence-corrected chi connectivity index (χ2v) is 4.03. The molecule has 0 unspecified atom stereocenters. The first-order valence-electron chi connectivity index (χ1n) is 5.07. The Kier molecular flexibility index (Phi) is 3.72. The molecule has 3 atom stereocenters. The molecule has 0 aromatic carbocycles. The highest BCUT2D eigenvalue weighted by Gasteiger charge is 2.25. The Labute approximate surface area is 79.6 Å². The molecule has 3 nitrogen and oxygen atoms in total. The minimum absolute atomic E-state index is 0.104. The number of ether oxygens (including phenoxy) is 1. The molecule has 0 radical (unpaired) electrons. The Morgan fingerprint density at radius 3 is 2.62 bits per heavy atom. The third kappa shape index (κ3) is 2.99. The van der Waals surface area contributed by atoms with Gasteiger partial charge in [-0.15, -0.1) is 0 Å². The van der Waals surface area contributed by atoms with Crippen LogP contribution in [0.3, 0.4) is 0 Å². The van der Waals surface area contributed by atoms with Gasteiger partial charge in [0.2, 0.25) is 0 Å². The van der Waals surface area contributed by atoms with Crippen molar-refractivity contribution in [2.75, 3.05) is 0 Å².